The van der Waals surface area contributed by atoms with Crippen LogP contribution < -0.4 is 0 Å². The number of carbonyl (C=O) groups is 1. The number of halogens is 1. The van der Waals surface area contributed by atoms with Crippen LogP contribution in [0, 0.1) is 5.82 Å². The number of aromatic nitrogens is 3. The van der Waals surface area contributed by atoms with Gasteiger partial charge in [0.2, 0.25) is 0 Å². The molecule has 5 nitrogen and oxygen atoms in total. The summed E-state index contributed by atoms with van der Waals surface area (Å²) in [5.74, 6) is -0.302. The fourth-order valence-corrected chi connectivity index (χ4v) is 4.31. The van der Waals surface area contributed by atoms with Gasteiger partial charge in [0.1, 0.15) is 11.3 Å². The highest BCUT2D eigenvalue weighted by Gasteiger charge is 2.34. The summed E-state index contributed by atoms with van der Waals surface area (Å²) in [5, 5.41) is 0. The molecule has 1 saturated carbocycles. The fourth-order valence-electron chi connectivity index (χ4n) is 4.31. The first-order valence-corrected chi connectivity index (χ1v) is 9.60. The van der Waals surface area contributed by atoms with Gasteiger partial charge in [0.15, 0.2) is 5.65 Å². The van der Waals surface area contributed by atoms with Crippen molar-refractivity contribution >= 4 is 17.1 Å². The number of hydrogen-bond acceptors (Lipinski definition) is 3. The van der Waals surface area contributed by atoms with Crippen molar-refractivity contribution in [1.29, 1.82) is 0 Å². The largest absolute Gasteiger partial charge is 0.331 e. The van der Waals surface area contributed by atoms with E-state index in [0.29, 0.717) is 18.2 Å². The lowest BCUT2D eigenvalue weighted by Crippen LogP contribution is -2.45. The minimum absolute atomic E-state index is 0.00448. The Hall–Kier alpha value is -2.76. The van der Waals surface area contributed by atoms with Crippen molar-refractivity contribution in [3.63, 3.8) is 0 Å². The van der Waals surface area contributed by atoms with E-state index in [1.54, 1.807) is 18.3 Å². The molecular weight excluding hydrogens is 343 g/mol. The molecule has 2 aromatic heterocycles. The molecular formula is C21H21FN4O. The summed E-state index contributed by atoms with van der Waals surface area (Å²) in [4.78, 5) is 23.8. The highest BCUT2D eigenvalue weighted by Crippen LogP contribution is 2.35. The van der Waals surface area contributed by atoms with Gasteiger partial charge in [0.05, 0.1) is 17.9 Å². The van der Waals surface area contributed by atoms with Crippen LogP contribution in [-0.2, 0) is 0 Å². The second-order valence-electron chi connectivity index (χ2n) is 7.51. The quantitative estimate of drug-likeness (QED) is 0.697. The molecule has 2 aliphatic rings. The Morgan fingerprint density at radius 3 is 2.56 bits per heavy atom. The van der Waals surface area contributed by atoms with E-state index < -0.39 is 0 Å². The van der Waals surface area contributed by atoms with Crippen LogP contribution in [0.4, 0.5) is 4.39 Å². The molecule has 1 aromatic carbocycles. The number of carbonyl (C=O) groups excluding carboxylic acids is 1. The van der Waals surface area contributed by atoms with Crippen molar-refractivity contribution in [1.82, 2.24) is 19.4 Å². The summed E-state index contributed by atoms with van der Waals surface area (Å²) in [6, 6.07) is 8.72. The summed E-state index contributed by atoms with van der Waals surface area (Å²) in [6.45, 7) is 0.704. The Labute approximate surface area is 156 Å². The molecule has 6 heteroatoms. The number of nitrogens with zero attached hydrogens (tertiary/aromatic N) is 4. The van der Waals surface area contributed by atoms with Crippen LogP contribution in [-0.4, -0.2) is 31.9 Å². The maximum absolute atomic E-state index is 13.2. The number of amides is 1. The number of hydrogen-bond donors (Lipinski definition) is 0. The van der Waals surface area contributed by atoms with E-state index in [9.17, 15) is 9.18 Å². The number of rotatable bonds is 3. The van der Waals surface area contributed by atoms with Gasteiger partial charge in [-0.05, 0) is 43.0 Å². The Morgan fingerprint density at radius 1 is 1.07 bits per heavy atom. The molecule has 0 bridgehead atoms. The molecule has 138 valence electrons. The number of likely N-dealkylation sites (tertiary alicyclic amines) is 1. The lowest BCUT2D eigenvalue weighted by atomic mass is 9.94. The normalized spacial score (nSPS) is 20.2. The van der Waals surface area contributed by atoms with Crippen molar-refractivity contribution in [2.24, 2.45) is 0 Å². The van der Waals surface area contributed by atoms with E-state index in [4.69, 9.17) is 0 Å². The van der Waals surface area contributed by atoms with Gasteiger partial charge < -0.3 is 9.47 Å². The average Bonchev–Trinajstić information content (AvgIpc) is 3.31. The maximum atomic E-state index is 13.2. The Bertz CT molecular complexity index is 991. The molecule has 1 aliphatic carbocycles. The van der Waals surface area contributed by atoms with Crippen LogP contribution in [0.2, 0.25) is 0 Å². The zero-order valence-electron chi connectivity index (χ0n) is 15.0. The smallest absolute Gasteiger partial charge is 0.256 e. The van der Waals surface area contributed by atoms with Gasteiger partial charge in [-0.1, -0.05) is 25.0 Å². The molecule has 1 atom stereocenters. The highest BCUT2D eigenvalue weighted by atomic mass is 19.1. The molecule has 3 heterocycles. The van der Waals surface area contributed by atoms with Crippen LogP contribution in [0.5, 0.6) is 0 Å². The molecule has 5 rings (SSSR count). The molecule has 1 saturated heterocycles. The average molecular weight is 364 g/mol. The Morgan fingerprint density at radius 2 is 1.85 bits per heavy atom. The van der Waals surface area contributed by atoms with Gasteiger partial charge in [-0.25, -0.2) is 14.4 Å². The van der Waals surface area contributed by atoms with Gasteiger partial charge in [-0.15, -0.1) is 0 Å². The standard InChI is InChI=1S/C21H21FN4O/c22-16-7-5-14(6-8-16)19-9-10-25(19)21(27)15-11-18-20(23-12-15)26(13-24-18)17-3-1-2-4-17/h5-8,11-13,17,19H,1-4,9-10H2. The van der Waals surface area contributed by atoms with Crippen molar-refractivity contribution in [3.8, 4) is 0 Å². The van der Waals surface area contributed by atoms with Gasteiger partial charge in [0.25, 0.3) is 5.91 Å². The summed E-state index contributed by atoms with van der Waals surface area (Å²) in [5.41, 5.74) is 3.16. The Kier molecular flexibility index (Phi) is 3.92. The molecule has 27 heavy (non-hydrogen) atoms. The van der Waals surface area contributed by atoms with Gasteiger partial charge >= 0.3 is 0 Å². The van der Waals surface area contributed by atoms with E-state index in [2.05, 4.69) is 14.5 Å². The van der Waals surface area contributed by atoms with E-state index >= 15 is 0 Å². The maximum Gasteiger partial charge on any atom is 0.256 e. The van der Waals surface area contributed by atoms with Crippen molar-refractivity contribution in [3.05, 3.63) is 59.8 Å². The minimum Gasteiger partial charge on any atom is -0.331 e. The van der Waals surface area contributed by atoms with Crippen LogP contribution in [0.3, 0.4) is 0 Å². The van der Waals surface area contributed by atoms with Crippen LogP contribution in [0.15, 0.2) is 42.9 Å². The molecule has 1 amide bonds. The van der Waals surface area contributed by atoms with Gasteiger partial charge in [-0.3, -0.25) is 4.79 Å². The first-order chi connectivity index (χ1) is 13.2. The zero-order chi connectivity index (χ0) is 18.4. The SMILES string of the molecule is O=C(c1cnc2c(c1)ncn2C1CCCC1)N1CCC1c1ccc(F)cc1. The van der Waals surface area contributed by atoms with Gasteiger partial charge in [0, 0.05) is 18.8 Å². The minimum atomic E-state index is -0.261. The lowest BCUT2D eigenvalue weighted by Gasteiger charge is -2.41. The van der Waals surface area contributed by atoms with Crippen molar-refractivity contribution in [2.45, 2.75) is 44.2 Å². The number of imidazole rings is 1. The molecule has 2 fully saturated rings. The summed E-state index contributed by atoms with van der Waals surface area (Å²) in [6.07, 6.45) is 9.25. The molecule has 0 spiro atoms. The predicted molar refractivity (Wildman–Crippen MR) is 99.8 cm³/mol. The topological polar surface area (TPSA) is 51.0 Å². The molecule has 0 radical (unpaired) electrons. The van der Waals surface area contributed by atoms with E-state index in [0.717, 1.165) is 23.1 Å². The molecule has 0 N–H and O–H groups in total. The lowest BCUT2D eigenvalue weighted by molar-refractivity contribution is 0.0460. The van der Waals surface area contributed by atoms with Crippen LogP contribution in [0.25, 0.3) is 11.2 Å². The zero-order valence-corrected chi connectivity index (χ0v) is 15.0. The van der Waals surface area contributed by atoms with E-state index in [1.165, 1.54) is 37.8 Å². The third kappa shape index (κ3) is 2.80. The van der Waals surface area contributed by atoms with Gasteiger partial charge in [-0.2, -0.15) is 0 Å². The summed E-state index contributed by atoms with van der Waals surface area (Å²) in [7, 11) is 0. The third-order valence-electron chi connectivity index (χ3n) is 5.91. The Balaban J connectivity index is 1.40. The molecule has 1 aliphatic heterocycles. The molecule has 3 aromatic rings. The van der Waals surface area contributed by atoms with Crippen LogP contribution >= 0.6 is 0 Å². The van der Waals surface area contributed by atoms with E-state index in [1.807, 2.05) is 17.3 Å². The second-order valence-corrected chi connectivity index (χ2v) is 7.51. The summed E-state index contributed by atoms with van der Waals surface area (Å²) < 4.78 is 15.3. The fraction of sp³-hybridized carbons (Fsp3) is 0.381. The number of benzene rings is 1. The number of fused-ring (bicyclic) bond motifs is 1. The first kappa shape index (κ1) is 16.4. The van der Waals surface area contributed by atoms with Crippen molar-refractivity contribution < 1.29 is 9.18 Å². The van der Waals surface area contributed by atoms with Crippen molar-refractivity contribution in [2.75, 3.05) is 6.54 Å². The third-order valence-corrected chi connectivity index (χ3v) is 5.91. The first-order valence-electron chi connectivity index (χ1n) is 9.60. The van der Waals surface area contributed by atoms with E-state index in [-0.39, 0.29) is 17.8 Å². The predicted octanol–water partition coefficient (Wildman–Crippen LogP) is 4.27. The van der Waals surface area contributed by atoms with Crippen LogP contribution in [0.1, 0.15) is 60.1 Å². The highest BCUT2D eigenvalue weighted by molar-refractivity contribution is 5.97. The second kappa shape index (κ2) is 6.44. The summed E-state index contributed by atoms with van der Waals surface area (Å²) >= 11 is 0. The molecule has 1 unspecified atom stereocenters. The monoisotopic (exact) mass is 364 g/mol. The number of pyridine rings is 1.